The van der Waals surface area contributed by atoms with Gasteiger partial charge in [0.15, 0.2) is 11.5 Å². The van der Waals surface area contributed by atoms with Gasteiger partial charge in [-0.1, -0.05) is 24.3 Å². The lowest BCUT2D eigenvalue weighted by molar-refractivity contribution is 0.0507. The first kappa shape index (κ1) is 27.2. The fourth-order valence-corrected chi connectivity index (χ4v) is 3.65. The number of carbonyl (C=O) groups is 2. The summed E-state index contributed by atoms with van der Waals surface area (Å²) in [5.41, 5.74) is 9.18. The lowest BCUT2D eigenvalue weighted by Crippen LogP contribution is -2.34. The van der Waals surface area contributed by atoms with Crippen molar-refractivity contribution in [3.05, 3.63) is 65.9 Å². The van der Waals surface area contributed by atoms with E-state index in [0.717, 1.165) is 11.1 Å². The number of rotatable bonds is 6. The van der Waals surface area contributed by atoms with Gasteiger partial charge >= 0.3 is 6.09 Å². The number of nitrogens with zero attached hydrogens (tertiary/aromatic N) is 5. The molecule has 1 atom stereocenters. The minimum absolute atomic E-state index is 0.0918. The number of benzene rings is 2. The van der Waals surface area contributed by atoms with E-state index < -0.39 is 11.7 Å². The van der Waals surface area contributed by atoms with Crippen LogP contribution in [0.25, 0.3) is 34.3 Å². The number of hydrogen-bond acceptors (Lipinski definition) is 9. The molecule has 4 aromatic rings. The highest BCUT2D eigenvalue weighted by Gasteiger charge is 2.20. The SMILES string of the molecule is CC(NC(=O)OC(C)(C)C)c1ccc(-c2nnc(-c3nc(-c4ccc(C(=O)N(C)C)cc4)cnc3N)o2)cc1. The van der Waals surface area contributed by atoms with Crippen LogP contribution in [0.3, 0.4) is 0 Å². The minimum Gasteiger partial charge on any atom is -0.444 e. The molecular formula is C28H31N7O4. The molecule has 2 amide bonds. The molecule has 0 fully saturated rings. The molecule has 0 aliphatic rings. The van der Waals surface area contributed by atoms with E-state index in [0.29, 0.717) is 16.8 Å². The van der Waals surface area contributed by atoms with Crippen LogP contribution in [0.4, 0.5) is 10.6 Å². The molecule has 2 heterocycles. The summed E-state index contributed by atoms with van der Waals surface area (Å²) in [4.78, 5) is 34.6. The topological polar surface area (TPSA) is 149 Å². The smallest absolute Gasteiger partial charge is 0.408 e. The van der Waals surface area contributed by atoms with E-state index >= 15 is 0 Å². The summed E-state index contributed by atoms with van der Waals surface area (Å²) in [7, 11) is 3.40. The average Bonchev–Trinajstić information content (AvgIpc) is 3.37. The second-order valence-electron chi connectivity index (χ2n) is 10.2. The van der Waals surface area contributed by atoms with Crippen molar-refractivity contribution in [3.63, 3.8) is 0 Å². The number of alkyl carbamates (subject to hydrolysis) is 1. The van der Waals surface area contributed by atoms with Crippen LogP contribution < -0.4 is 11.1 Å². The highest BCUT2D eigenvalue weighted by Crippen LogP contribution is 2.28. The van der Waals surface area contributed by atoms with Gasteiger partial charge in [-0.05, 0) is 57.5 Å². The van der Waals surface area contributed by atoms with Crippen molar-refractivity contribution in [3.8, 4) is 34.3 Å². The van der Waals surface area contributed by atoms with Crippen LogP contribution in [-0.4, -0.2) is 56.8 Å². The standard InChI is InChI=1S/C28H31N7O4/c1-16(31-27(37)39-28(2,3)4)17-7-11-19(12-8-17)24-33-34-25(38-24)22-23(29)30-15-21(32-22)18-9-13-20(14-10-18)26(36)35(5)6/h7-16H,1-6H3,(H2,29,30)(H,31,37). The van der Waals surface area contributed by atoms with Crippen molar-refractivity contribution in [2.45, 2.75) is 39.3 Å². The molecule has 4 rings (SSSR count). The van der Waals surface area contributed by atoms with E-state index in [9.17, 15) is 9.59 Å². The van der Waals surface area contributed by atoms with Gasteiger partial charge in [0.1, 0.15) is 5.60 Å². The Morgan fingerprint density at radius 1 is 0.974 bits per heavy atom. The van der Waals surface area contributed by atoms with Crippen LogP contribution in [0.15, 0.2) is 59.1 Å². The molecule has 0 spiro atoms. The second kappa shape index (κ2) is 10.9. The highest BCUT2D eigenvalue weighted by molar-refractivity contribution is 5.94. The molecule has 11 heteroatoms. The molecule has 0 saturated carbocycles. The van der Waals surface area contributed by atoms with Crippen LogP contribution in [0, 0.1) is 0 Å². The maximum atomic E-state index is 12.2. The molecule has 0 bridgehead atoms. The second-order valence-corrected chi connectivity index (χ2v) is 10.2. The fourth-order valence-electron chi connectivity index (χ4n) is 3.65. The fraction of sp³-hybridized carbons (Fsp3) is 0.286. The summed E-state index contributed by atoms with van der Waals surface area (Å²) >= 11 is 0. The first-order valence-corrected chi connectivity index (χ1v) is 12.3. The van der Waals surface area contributed by atoms with Crippen LogP contribution in [-0.2, 0) is 4.74 Å². The first-order chi connectivity index (χ1) is 18.4. The molecule has 0 radical (unpaired) electrons. The minimum atomic E-state index is -0.576. The van der Waals surface area contributed by atoms with Gasteiger partial charge in [0.25, 0.3) is 11.8 Å². The molecule has 2 aromatic heterocycles. The third kappa shape index (κ3) is 6.56. The highest BCUT2D eigenvalue weighted by atomic mass is 16.6. The number of carbonyl (C=O) groups excluding carboxylic acids is 2. The number of ether oxygens (including phenoxy) is 1. The van der Waals surface area contributed by atoms with E-state index in [1.54, 1.807) is 44.6 Å². The Bertz CT molecular complexity index is 1470. The van der Waals surface area contributed by atoms with Gasteiger partial charge in [-0.25, -0.2) is 14.8 Å². The molecule has 3 N–H and O–H groups in total. The lowest BCUT2D eigenvalue weighted by Gasteiger charge is -2.22. The molecular weight excluding hydrogens is 498 g/mol. The Labute approximate surface area is 226 Å². The number of nitrogens with two attached hydrogens (primary N) is 1. The number of amides is 2. The molecule has 0 saturated heterocycles. The molecule has 1 unspecified atom stereocenters. The van der Waals surface area contributed by atoms with Crippen molar-refractivity contribution >= 4 is 17.8 Å². The maximum Gasteiger partial charge on any atom is 0.408 e. The summed E-state index contributed by atoms with van der Waals surface area (Å²) in [5, 5.41) is 11.1. The zero-order valence-corrected chi connectivity index (χ0v) is 22.7. The van der Waals surface area contributed by atoms with Crippen LogP contribution >= 0.6 is 0 Å². The van der Waals surface area contributed by atoms with Crippen molar-refractivity contribution in [2.75, 3.05) is 19.8 Å². The Balaban J connectivity index is 1.51. The van der Waals surface area contributed by atoms with Crippen molar-refractivity contribution in [1.82, 2.24) is 30.4 Å². The maximum absolute atomic E-state index is 12.2. The summed E-state index contributed by atoms with van der Waals surface area (Å²) in [5.74, 6) is 0.458. The number of anilines is 1. The van der Waals surface area contributed by atoms with E-state index in [1.807, 2.05) is 52.0 Å². The van der Waals surface area contributed by atoms with E-state index in [4.69, 9.17) is 14.9 Å². The molecule has 202 valence electrons. The van der Waals surface area contributed by atoms with Gasteiger partial charge in [-0.2, -0.15) is 0 Å². The Kier molecular flexibility index (Phi) is 7.61. The zero-order chi connectivity index (χ0) is 28.3. The zero-order valence-electron chi connectivity index (χ0n) is 22.7. The van der Waals surface area contributed by atoms with Crippen LogP contribution in [0.5, 0.6) is 0 Å². The van der Waals surface area contributed by atoms with E-state index in [1.165, 1.54) is 4.90 Å². The quantitative estimate of drug-likeness (QED) is 0.361. The van der Waals surface area contributed by atoms with Gasteiger partial charge in [0.05, 0.1) is 17.9 Å². The predicted octanol–water partition coefficient (Wildman–Crippen LogP) is 4.73. The van der Waals surface area contributed by atoms with Crippen LogP contribution in [0.1, 0.15) is 49.7 Å². The largest absolute Gasteiger partial charge is 0.444 e. The third-order valence-corrected chi connectivity index (χ3v) is 5.65. The number of hydrogen-bond donors (Lipinski definition) is 2. The normalized spacial score (nSPS) is 12.1. The molecule has 11 nitrogen and oxygen atoms in total. The Hall–Kier alpha value is -4.80. The van der Waals surface area contributed by atoms with Crippen molar-refractivity contribution in [2.24, 2.45) is 0 Å². The Morgan fingerprint density at radius 3 is 2.21 bits per heavy atom. The van der Waals surface area contributed by atoms with Crippen LogP contribution in [0.2, 0.25) is 0 Å². The first-order valence-electron chi connectivity index (χ1n) is 12.3. The summed E-state index contributed by atoms with van der Waals surface area (Å²) in [6.45, 7) is 7.30. The number of nitrogen functional groups attached to an aromatic ring is 1. The van der Waals surface area contributed by atoms with Crippen molar-refractivity contribution < 1.29 is 18.7 Å². The predicted molar refractivity (Wildman–Crippen MR) is 146 cm³/mol. The lowest BCUT2D eigenvalue weighted by atomic mass is 10.1. The van der Waals surface area contributed by atoms with Gasteiger partial charge in [-0.15, -0.1) is 10.2 Å². The monoisotopic (exact) mass is 529 g/mol. The van der Waals surface area contributed by atoms with Crippen molar-refractivity contribution in [1.29, 1.82) is 0 Å². The molecule has 39 heavy (non-hydrogen) atoms. The average molecular weight is 530 g/mol. The van der Waals surface area contributed by atoms with Gasteiger partial charge in [0.2, 0.25) is 5.89 Å². The Morgan fingerprint density at radius 2 is 1.59 bits per heavy atom. The number of nitrogens with one attached hydrogen (secondary N) is 1. The van der Waals surface area contributed by atoms with E-state index in [2.05, 4.69) is 25.5 Å². The van der Waals surface area contributed by atoms with E-state index in [-0.39, 0.29) is 35.2 Å². The third-order valence-electron chi connectivity index (χ3n) is 5.65. The molecule has 0 aliphatic heterocycles. The van der Waals surface area contributed by atoms with Gasteiger partial charge in [-0.3, -0.25) is 4.79 Å². The number of aromatic nitrogens is 4. The summed E-state index contributed by atoms with van der Waals surface area (Å²) < 4.78 is 11.2. The molecule has 0 aliphatic carbocycles. The summed E-state index contributed by atoms with van der Waals surface area (Å²) in [6.07, 6.45) is 1.06. The van der Waals surface area contributed by atoms with Gasteiger partial charge in [0, 0.05) is 30.8 Å². The molecule has 2 aromatic carbocycles. The summed E-state index contributed by atoms with van der Waals surface area (Å²) in [6, 6.07) is 14.1. The van der Waals surface area contributed by atoms with Gasteiger partial charge < -0.3 is 25.1 Å².